The lowest BCUT2D eigenvalue weighted by Crippen LogP contribution is -2.02. The van der Waals surface area contributed by atoms with Crippen LogP contribution in [0.4, 0.5) is 0 Å². The Morgan fingerprint density at radius 3 is 1.30 bits per heavy atom. The van der Waals surface area contributed by atoms with E-state index in [4.69, 9.17) is 0 Å². The van der Waals surface area contributed by atoms with E-state index in [1.54, 1.807) is 0 Å². The van der Waals surface area contributed by atoms with Crippen molar-refractivity contribution < 1.29 is 0 Å². The fourth-order valence-electron chi connectivity index (χ4n) is 4.22. The molecule has 4 aromatic carbocycles. The lowest BCUT2D eigenvalue weighted by molar-refractivity contribution is 1.27. The van der Waals surface area contributed by atoms with Crippen LogP contribution in [0.3, 0.4) is 0 Å². The number of rotatable bonds is 2. The molecule has 0 radical (unpaired) electrons. The molecule has 0 aromatic heterocycles. The molecule has 0 atom stereocenters. The molecule has 0 amide bonds. The summed E-state index contributed by atoms with van der Waals surface area (Å²) in [6.45, 7) is 4.41. The van der Waals surface area contributed by atoms with Gasteiger partial charge in [0, 0.05) is 19.6 Å². The molecular formula is C26H22S. The smallest absolute Gasteiger partial charge is 0.0105 e. The van der Waals surface area contributed by atoms with E-state index < -0.39 is 10.0 Å². The van der Waals surface area contributed by atoms with Gasteiger partial charge in [-0.25, -0.2) is 0 Å². The lowest BCUT2D eigenvalue weighted by Gasteiger charge is -2.39. The Morgan fingerprint density at radius 1 is 0.481 bits per heavy atom. The van der Waals surface area contributed by atoms with Crippen LogP contribution >= 0.6 is 10.0 Å². The van der Waals surface area contributed by atoms with Crippen LogP contribution in [0.15, 0.2) is 117 Å². The van der Waals surface area contributed by atoms with Crippen LogP contribution in [0, 0.1) is 13.8 Å². The number of hydrogen-bond donors (Lipinski definition) is 0. The predicted octanol–water partition coefficient (Wildman–Crippen LogP) is 7.62. The van der Waals surface area contributed by atoms with E-state index >= 15 is 0 Å². The third kappa shape index (κ3) is 2.32. The second kappa shape index (κ2) is 6.14. The maximum absolute atomic E-state index is 2.42. The molecule has 1 aliphatic rings. The van der Waals surface area contributed by atoms with E-state index in [0.717, 1.165) is 0 Å². The molecule has 0 nitrogen and oxygen atoms in total. The molecule has 0 saturated heterocycles. The molecule has 4 aromatic rings. The highest BCUT2D eigenvalue weighted by molar-refractivity contribution is 8.34. The molecule has 0 bridgehead atoms. The molecule has 27 heavy (non-hydrogen) atoms. The molecule has 0 saturated carbocycles. The van der Waals surface area contributed by atoms with Crippen LogP contribution in [-0.4, -0.2) is 0 Å². The summed E-state index contributed by atoms with van der Waals surface area (Å²) in [6, 6.07) is 36.1. The van der Waals surface area contributed by atoms with Gasteiger partial charge in [-0.2, -0.15) is 0 Å². The van der Waals surface area contributed by atoms with Crippen molar-refractivity contribution in [3.8, 4) is 11.1 Å². The summed E-state index contributed by atoms with van der Waals surface area (Å²) in [4.78, 5) is 5.76. The molecule has 0 fully saturated rings. The van der Waals surface area contributed by atoms with Crippen molar-refractivity contribution in [3.05, 3.63) is 108 Å². The molecule has 0 aliphatic carbocycles. The molecule has 5 rings (SSSR count). The fourth-order valence-corrected chi connectivity index (χ4v) is 8.62. The molecule has 1 aliphatic heterocycles. The van der Waals surface area contributed by atoms with Gasteiger partial charge >= 0.3 is 0 Å². The van der Waals surface area contributed by atoms with E-state index in [1.807, 2.05) is 0 Å². The third-order valence-electron chi connectivity index (χ3n) is 5.42. The van der Waals surface area contributed by atoms with Crippen LogP contribution < -0.4 is 0 Å². The first kappa shape index (κ1) is 16.4. The van der Waals surface area contributed by atoms with Crippen LogP contribution in [0.5, 0.6) is 0 Å². The lowest BCUT2D eigenvalue weighted by atomic mass is 10.0. The molecular weight excluding hydrogens is 344 g/mol. The van der Waals surface area contributed by atoms with E-state index in [1.165, 1.54) is 41.8 Å². The first-order chi connectivity index (χ1) is 13.2. The standard InChI is InChI=1S/C26H22S/c1-19-13-15-23-24-16-14-20(2)18-26(24)27(25(23)17-19,21-9-5-3-6-10-21)22-11-7-4-8-12-22/h3-18H,1-2H3. The second-order valence-corrected chi connectivity index (χ2v) is 10.3. The van der Waals surface area contributed by atoms with Crippen molar-refractivity contribution in [2.45, 2.75) is 33.4 Å². The van der Waals surface area contributed by atoms with E-state index in [2.05, 4.69) is 111 Å². The summed E-state index contributed by atoms with van der Waals surface area (Å²) >= 11 is 0. The summed E-state index contributed by atoms with van der Waals surface area (Å²) in [5.41, 5.74) is 5.42. The number of benzene rings is 4. The topological polar surface area (TPSA) is 0 Å². The van der Waals surface area contributed by atoms with Gasteiger partial charge in [0.05, 0.1) is 0 Å². The average molecular weight is 367 g/mol. The summed E-state index contributed by atoms with van der Waals surface area (Å²) in [5, 5.41) is 0. The Morgan fingerprint density at radius 2 is 0.889 bits per heavy atom. The number of fused-ring (bicyclic) bond motifs is 3. The van der Waals surface area contributed by atoms with Gasteiger partial charge in [0.2, 0.25) is 0 Å². The van der Waals surface area contributed by atoms with Gasteiger partial charge in [-0.15, -0.1) is 10.0 Å². The minimum atomic E-state index is -1.48. The highest BCUT2D eigenvalue weighted by Crippen LogP contribution is 2.79. The minimum Gasteiger partial charge on any atom is -0.132 e. The Kier molecular flexibility index (Phi) is 3.73. The van der Waals surface area contributed by atoms with Crippen LogP contribution in [0.25, 0.3) is 11.1 Å². The monoisotopic (exact) mass is 366 g/mol. The molecule has 0 N–H and O–H groups in total. The quantitative estimate of drug-likeness (QED) is 0.301. The zero-order valence-corrected chi connectivity index (χ0v) is 16.5. The Hall–Kier alpha value is -2.77. The van der Waals surface area contributed by atoms with E-state index in [-0.39, 0.29) is 0 Å². The van der Waals surface area contributed by atoms with Gasteiger partial charge in [-0.05, 0) is 72.5 Å². The highest BCUT2D eigenvalue weighted by atomic mass is 32.3. The summed E-state index contributed by atoms with van der Waals surface area (Å²) in [6.07, 6.45) is 0. The molecule has 1 heteroatoms. The highest BCUT2D eigenvalue weighted by Gasteiger charge is 2.41. The zero-order valence-electron chi connectivity index (χ0n) is 15.6. The van der Waals surface area contributed by atoms with Crippen molar-refractivity contribution in [3.63, 3.8) is 0 Å². The van der Waals surface area contributed by atoms with Crippen LogP contribution in [0.1, 0.15) is 11.1 Å². The fraction of sp³-hybridized carbons (Fsp3) is 0.0769. The van der Waals surface area contributed by atoms with Gasteiger partial charge < -0.3 is 0 Å². The van der Waals surface area contributed by atoms with Crippen LogP contribution in [-0.2, 0) is 0 Å². The van der Waals surface area contributed by atoms with Gasteiger partial charge in [-0.1, -0.05) is 60.7 Å². The normalized spacial score (nSPS) is 15.0. The third-order valence-corrected chi connectivity index (χ3v) is 9.37. The van der Waals surface area contributed by atoms with Gasteiger partial charge in [0.25, 0.3) is 0 Å². The summed E-state index contributed by atoms with van der Waals surface area (Å²) in [5.74, 6) is 0. The number of hydrogen-bond acceptors (Lipinski definition) is 0. The Balaban J connectivity index is 2.00. The van der Waals surface area contributed by atoms with E-state index in [9.17, 15) is 0 Å². The first-order valence-corrected chi connectivity index (χ1v) is 11.0. The molecule has 0 unspecified atom stereocenters. The van der Waals surface area contributed by atoms with Crippen molar-refractivity contribution >= 4 is 10.0 Å². The Bertz CT molecular complexity index is 1030. The predicted molar refractivity (Wildman–Crippen MR) is 115 cm³/mol. The number of aryl methyl sites for hydroxylation is 2. The maximum Gasteiger partial charge on any atom is 0.0105 e. The van der Waals surface area contributed by atoms with Crippen molar-refractivity contribution in [2.24, 2.45) is 0 Å². The summed E-state index contributed by atoms with van der Waals surface area (Å²) < 4.78 is 0. The zero-order chi connectivity index (χ0) is 18.4. The molecule has 0 spiro atoms. The SMILES string of the molecule is Cc1ccc2c(c1)S(c1ccccc1)(c1ccccc1)c1cc(C)ccc1-2. The van der Waals surface area contributed by atoms with Crippen molar-refractivity contribution in [2.75, 3.05) is 0 Å². The maximum atomic E-state index is 2.42. The molecule has 1 heterocycles. The minimum absolute atomic E-state index is 1.32. The summed E-state index contributed by atoms with van der Waals surface area (Å²) in [7, 11) is -1.48. The molecule has 132 valence electrons. The van der Waals surface area contributed by atoms with E-state index in [0.29, 0.717) is 0 Å². The van der Waals surface area contributed by atoms with Crippen molar-refractivity contribution in [1.29, 1.82) is 0 Å². The largest absolute Gasteiger partial charge is 0.132 e. The first-order valence-electron chi connectivity index (χ1n) is 9.36. The van der Waals surface area contributed by atoms with Gasteiger partial charge in [0.15, 0.2) is 0 Å². The van der Waals surface area contributed by atoms with Gasteiger partial charge in [0.1, 0.15) is 0 Å². The van der Waals surface area contributed by atoms with Crippen molar-refractivity contribution in [1.82, 2.24) is 0 Å². The Labute approximate surface area is 162 Å². The van der Waals surface area contributed by atoms with Gasteiger partial charge in [-0.3, -0.25) is 0 Å². The average Bonchev–Trinajstić information content (AvgIpc) is 2.99. The second-order valence-electron chi connectivity index (χ2n) is 7.24. The van der Waals surface area contributed by atoms with Crippen LogP contribution in [0.2, 0.25) is 0 Å².